The minimum Gasteiger partial charge on any atom is -0.383 e. The van der Waals surface area contributed by atoms with Gasteiger partial charge in [0.25, 0.3) is 0 Å². The van der Waals surface area contributed by atoms with E-state index in [4.69, 9.17) is 4.74 Å². The van der Waals surface area contributed by atoms with E-state index >= 15 is 0 Å². The van der Waals surface area contributed by atoms with Gasteiger partial charge in [0.05, 0.1) is 6.61 Å². The summed E-state index contributed by atoms with van der Waals surface area (Å²) in [5.74, 6) is -0.0652. The van der Waals surface area contributed by atoms with E-state index in [1.54, 1.807) is 38.3 Å². The second-order valence-corrected chi connectivity index (χ2v) is 4.28. The number of hydrogen-bond donors (Lipinski definition) is 2. The summed E-state index contributed by atoms with van der Waals surface area (Å²) in [6.45, 7) is 4.28. The molecule has 0 aliphatic rings. The fourth-order valence-corrected chi connectivity index (χ4v) is 1.55. The fourth-order valence-electron chi connectivity index (χ4n) is 1.55. The monoisotopic (exact) mass is 264 g/mol. The molecule has 1 aromatic rings. The van der Waals surface area contributed by atoms with Crippen molar-refractivity contribution >= 4 is 17.4 Å². The van der Waals surface area contributed by atoms with Crippen LogP contribution in [0.3, 0.4) is 0 Å². The molecule has 5 heteroatoms. The van der Waals surface area contributed by atoms with Crippen molar-refractivity contribution in [3.63, 3.8) is 0 Å². The summed E-state index contributed by atoms with van der Waals surface area (Å²) in [5, 5.41) is 5.82. The van der Waals surface area contributed by atoms with Crippen molar-refractivity contribution in [2.24, 2.45) is 0 Å². The zero-order chi connectivity index (χ0) is 14.3. The smallest absolute Gasteiger partial charge is 0.242 e. The fraction of sp³-hybridized carbons (Fsp3) is 0.429. The number of ether oxygens (including phenoxy) is 1. The van der Waals surface area contributed by atoms with Gasteiger partial charge in [-0.3, -0.25) is 9.59 Å². The van der Waals surface area contributed by atoms with Crippen LogP contribution >= 0.6 is 0 Å². The van der Waals surface area contributed by atoms with Gasteiger partial charge in [0, 0.05) is 24.9 Å². The van der Waals surface area contributed by atoms with Crippen LogP contribution in [0.15, 0.2) is 24.3 Å². The molecule has 104 valence electrons. The molecule has 0 aromatic heterocycles. The number of anilines is 1. The highest BCUT2D eigenvalue weighted by molar-refractivity contribution is 5.94. The number of nitrogens with one attached hydrogen (secondary N) is 2. The molecule has 0 fully saturated rings. The first-order chi connectivity index (χ1) is 9.04. The van der Waals surface area contributed by atoms with Crippen LogP contribution < -0.4 is 10.6 Å². The maximum Gasteiger partial charge on any atom is 0.242 e. The number of rotatable bonds is 7. The van der Waals surface area contributed by atoms with E-state index in [0.29, 0.717) is 18.7 Å². The molecule has 0 aliphatic carbocycles. The highest BCUT2D eigenvalue weighted by Crippen LogP contribution is 2.11. The average molecular weight is 264 g/mol. The first-order valence-electron chi connectivity index (χ1n) is 6.18. The predicted octanol–water partition coefficient (Wildman–Crippen LogP) is 1.45. The van der Waals surface area contributed by atoms with Crippen LogP contribution in [-0.4, -0.2) is 38.0 Å². The number of methoxy groups -OCH3 is 1. The van der Waals surface area contributed by atoms with E-state index in [9.17, 15) is 9.59 Å². The van der Waals surface area contributed by atoms with Crippen LogP contribution in [0.1, 0.15) is 24.2 Å². The Morgan fingerprint density at radius 3 is 2.42 bits per heavy atom. The lowest BCUT2D eigenvalue weighted by Gasteiger charge is -2.15. The number of carbonyl (C=O) groups excluding carboxylic acids is 2. The van der Waals surface area contributed by atoms with Crippen molar-refractivity contribution in [3.05, 3.63) is 29.8 Å². The van der Waals surface area contributed by atoms with Gasteiger partial charge in [0.1, 0.15) is 6.04 Å². The molecule has 0 saturated carbocycles. The number of carbonyl (C=O) groups is 2. The quantitative estimate of drug-likeness (QED) is 0.578. The van der Waals surface area contributed by atoms with Crippen LogP contribution in [-0.2, 0) is 9.53 Å². The minimum atomic E-state index is -0.347. The van der Waals surface area contributed by atoms with Crippen molar-refractivity contribution in [1.29, 1.82) is 0 Å². The Morgan fingerprint density at radius 1 is 1.26 bits per heavy atom. The van der Waals surface area contributed by atoms with Gasteiger partial charge in [0.2, 0.25) is 5.91 Å². The molecule has 1 amide bonds. The molecule has 0 saturated heterocycles. The number of ketones is 1. The van der Waals surface area contributed by atoms with Gasteiger partial charge in [-0.15, -0.1) is 0 Å². The SMILES string of the molecule is COCCNC(=O)C(C)Nc1ccc(C(C)=O)cc1. The molecule has 0 heterocycles. The lowest BCUT2D eigenvalue weighted by molar-refractivity contribution is -0.121. The minimum absolute atomic E-state index is 0.0249. The van der Waals surface area contributed by atoms with Gasteiger partial charge in [-0.25, -0.2) is 0 Å². The van der Waals surface area contributed by atoms with Gasteiger partial charge in [-0.1, -0.05) is 0 Å². The van der Waals surface area contributed by atoms with Gasteiger partial charge >= 0.3 is 0 Å². The standard InChI is InChI=1S/C14H20N2O3/c1-10(14(18)15-8-9-19-3)16-13-6-4-12(5-7-13)11(2)17/h4-7,10,16H,8-9H2,1-3H3,(H,15,18). The number of hydrogen-bond acceptors (Lipinski definition) is 4. The largest absolute Gasteiger partial charge is 0.383 e. The maximum atomic E-state index is 11.7. The second kappa shape index (κ2) is 7.53. The Hall–Kier alpha value is -1.88. The molecule has 1 aromatic carbocycles. The highest BCUT2D eigenvalue weighted by atomic mass is 16.5. The molecular formula is C14H20N2O3. The van der Waals surface area contributed by atoms with E-state index < -0.39 is 0 Å². The van der Waals surface area contributed by atoms with E-state index in [-0.39, 0.29) is 17.7 Å². The first-order valence-corrected chi connectivity index (χ1v) is 6.18. The molecular weight excluding hydrogens is 244 g/mol. The summed E-state index contributed by atoms with van der Waals surface area (Å²) >= 11 is 0. The van der Waals surface area contributed by atoms with Crippen LogP contribution in [0.25, 0.3) is 0 Å². The molecule has 0 radical (unpaired) electrons. The van der Waals surface area contributed by atoms with E-state index in [0.717, 1.165) is 5.69 Å². The topological polar surface area (TPSA) is 67.4 Å². The molecule has 0 bridgehead atoms. The molecule has 5 nitrogen and oxygen atoms in total. The summed E-state index contributed by atoms with van der Waals surface area (Å²) in [6, 6.07) is 6.70. The molecule has 1 rings (SSSR count). The summed E-state index contributed by atoms with van der Waals surface area (Å²) in [5.41, 5.74) is 1.46. The normalized spacial score (nSPS) is 11.7. The maximum absolute atomic E-state index is 11.7. The molecule has 0 spiro atoms. The van der Waals surface area contributed by atoms with E-state index in [1.165, 1.54) is 6.92 Å². The van der Waals surface area contributed by atoms with E-state index in [1.807, 2.05) is 0 Å². The summed E-state index contributed by atoms with van der Waals surface area (Å²) in [7, 11) is 1.59. The summed E-state index contributed by atoms with van der Waals surface area (Å²) < 4.78 is 4.86. The first kappa shape index (κ1) is 15.2. The van der Waals surface area contributed by atoms with Crippen LogP contribution in [0, 0.1) is 0 Å². The molecule has 0 aliphatic heterocycles. The van der Waals surface area contributed by atoms with Crippen LogP contribution in [0.4, 0.5) is 5.69 Å². The Bertz CT molecular complexity index is 429. The molecule has 1 unspecified atom stereocenters. The van der Waals surface area contributed by atoms with Gasteiger partial charge < -0.3 is 15.4 Å². The average Bonchev–Trinajstić information content (AvgIpc) is 2.39. The van der Waals surface area contributed by atoms with Gasteiger partial charge in [0.15, 0.2) is 5.78 Å². The Kier molecular flexibility index (Phi) is 6.02. The number of Topliss-reactive ketones (excluding diaryl/α,β-unsaturated/α-hetero) is 1. The Morgan fingerprint density at radius 2 is 1.89 bits per heavy atom. The van der Waals surface area contributed by atoms with Crippen molar-refractivity contribution in [1.82, 2.24) is 5.32 Å². The van der Waals surface area contributed by atoms with Crippen molar-refractivity contribution in [3.8, 4) is 0 Å². The molecule has 19 heavy (non-hydrogen) atoms. The predicted molar refractivity (Wildman–Crippen MR) is 74.4 cm³/mol. The third kappa shape index (κ3) is 5.09. The zero-order valence-electron chi connectivity index (χ0n) is 11.5. The van der Waals surface area contributed by atoms with Crippen molar-refractivity contribution in [2.75, 3.05) is 25.6 Å². The van der Waals surface area contributed by atoms with Gasteiger partial charge in [-0.05, 0) is 38.1 Å². The third-order valence-corrected chi connectivity index (χ3v) is 2.67. The van der Waals surface area contributed by atoms with Crippen molar-refractivity contribution < 1.29 is 14.3 Å². The summed E-state index contributed by atoms with van der Waals surface area (Å²) in [6.07, 6.45) is 0. The molecule has 1 atom stereocenters. The van der Waals surface area contributed by atoms with Crippen LogP contribution in [0.5, 0.6) is 0 Å². The lowest BCUT2D eigenvalue weighted by atomic mass is 10.1. The lowest BCUT2D eigenvalue weighted by Crippen LogP contribution is -2.39. The van der Waals surface area contributed by atoms with Crippen molar-refractivity contribution in [2.45, 2.75) is 19.9 Å². The Labute approximate surface area is 113 Å². The highest BCUT2D eigenvalue weighted by Gasteiger charge is 2.11. The van der Waals surface area contributed by atoms with E-state index in [2.05, 4.69) is 10.6 Å². The second-order valence-electron chi connectivity index (χ2n) is 4.28. The van der Waals surface area contributed by atoms with Gasteiger partial charge in [-0.2, -0.15) is 0 Å². The third-order valence-electron chi connectivity index (χ3n) is 2.67. The zero-order valence-corrected chi connectivity index (χ0v) is 11.5. The number of amides is 1. The summed E-state index contributed by atoms with van der Waals surface area (Å²) in [4.78, 5) is 22.9. The van der Waals surface area contributed by atoms with Crippen LogP contribution in [0.2, 0.25) is 0 Å². The molecule has 2 N–H and O–H groups in total. The number of benzene rings is 1. The Balaban J connectivity index is 2.49.